The van der Waals surface area contributed by atoms with Crippen molar-refractivity contribution in [1.82, 2.24) is 20.2 Å². The molecule has 1 fully saturated rings. The number of hydrogen-bond donors (Lipinski definition) is 0. The van der Waals surface area contributed by atoms with Crippen molar-refractivity contribution in [3.05, 3.63) is 29.2 Å². The lowest BCUT2D eigenvalue weighted by Gasteiger charge is -2.30. The Bertz CT molecular complexity index is 661. The van der Waals surface area contributed by atoms with Crippen LogP contribution in [0.2, 0.25) is 0 Å². The van der Waals surface area contributed by atoms with E-state index in [9.17, 15) is 4.79 Å². The number of rotatable bonds is 3. The first-order valence-electron chi connectivity index (χ1n) is 7.60. The number of likely N-dealkylation sites (tertiary alicyclic amines) is 1. The van der Waals surface area contributed by atoms with Crippen LogP contribution in [0.1, 0.15) is 66.5 Å². The van der Waals surface area contributed by atoms with E-state index in [1.807, 2.05) is 13.8 Å². The molecular weight excluding hydrogens is 284 g/mol. The molecule has 0 spiro atoms. The van der Waals surface area contributed by atoms with E-state index in [-0.39, 0.29) is 23.5 Å². The van der Waals surface area contributed by atoms with E-state index in [0.29, 0.717) is 30.5 Å². The quantitative estimate of drug-likeness (QED) is 0.866. The Morgan fingerprint density at radius 3 is 2.82 bits per heavy atom. The van der Waals surface area contributed by atoms with Gasteiger partial charge in [-0.3, -0.25) is 4.79 Å². The van der Waals surface area contributed by atoms with Gasteiger partial charge in [0.1, 0.15) is 0 Å². The van der Waals surface area contributed by atoms with E-state index in [0.717, 1.165) is 12.8 Å². The SMILES string of the molecule is Cc1cc(C(=O)N2CCC[C@H](c3noc(C(C)C)n3)C2)on1. The number of carbonyl (C=O) groups is 1. The van der Waals surface area contributed by atoms with Crippen molar-refractivity contribution in [1.29, 1.82) is 0 Å². The largest absolute Gasteiger partial charge is 0.351 e. The number of piperidine rings is 1. The molecular formula is C15H20N4O3. The van der Waals surface area contributed by atoms with Gasteiger partial charge in [-0.25, -0.2) is 0 Å². The highest BCUT2D eigenvalue weighted by Gasteiger charge is 2.30. The Kier molecular flexibility index (Phi) is 3.96. The van der Waals surface area contributed by atoms with Gasteiger partial charge < -0.3 is 13.9 Å². The first-order valence-corrected chi connectivity index (χ1v) is 7.60. The topological polar surface area (TPSA) is 85.3 Å². The van der Waals surface area contributed by atoms with Crippen molar-refractivity contribution in [2.24, 2.45) is 0 Å². The zero-order valence-corrected chi connectivity index (χ0v) is 13.1. The smallest absolute Gasteiger partial charge is 0.292 e. The van der Waals surface area contributed by atoms with E-state index in [2.05, 4.69) is 15.3 Å². The van der Waals surface area contributed by atoms with Crippen LogP contribution in [-0.2, 0) is 0 Å². The first kappa shape index (κ1) is 14.7. The van der Waals surface area contributed by atoms with E-state index in [1.165, 1.54) is 0 Å². The molecule has 1 aliphatic rings. The van der Waals surface area contributed by atoms with Gasteiger partial charge in [0.25, 0.3) is 5.91 Å². The summed E-state index contributed by atoms with van der Waals surface area (Å²) in [6.07, 6.45) is 1.87. The molecule has 1 atom stereocenters. The fourth-order valence-electron chi connectivity index (χ4n) is 2.64. The van der Waals surface area contributed by atoms with Crippen LogP contribution in [0.15, 0.2) is 15.1 Å². The summed E-state index contributed by atoms with van der Waals surface area (Å²) in [4.78, 5) is 18.7. The van der Waals surface area contributed by atoms with Crippen molar-refractivity contribution in [2.45, 2.75) is 45.4 Å². The summed E-state index contributed by atoms with van der Waals surface area (Å²) in [5.74, 6) is 1.81. The molecule has 0 unspecified atom stereocenters. The van der Waals surface area contributed by atoms with Gasteiger partial charge in [0, 0.05) is 31.0 Å². The Balaban J connectivity index is 1.72. The Morgan fingerprint density at radius 1 is 1.36 bits per heavy atom. The number of aromatic nitrogens is 3. The average molecular weight is 304 g/mol. The second kappa shape index (κ2) is 5.90. The van der Waals surface area contributed by atoms with Crippen LogP contribution in [0.3, 0.4) is 0 Å². The van der Waals surface area contributed by atoms with E-state index >= 15 is 0 Å². The molecule has 2 aromatic heterocycles. The Hall–Kier alpha value is -2.18. The average Bonchev–Trinajstić information content (AvgIpc) is 3.15. The highest BCUT2D eigenvalue weighted by molar-refractivity contribution is 5.91. The number of amides is 1. The first-order chi connectivity index (χ1) is 10.5. The summed E-state index contributed by atoms with van der Waals surface area (Å²) in [5, 5.41) is 7.84. The van der Waals surface area contributed by atoms with Crippen LogP contribution in [0.4, 0.5) is 0 Å². The molecule has 7 nitrogen and oxygen atoms in total. The molecule has 3 heterocycles. The van der Waals surface area contributed by atoms with Crippen LogP contribution < -0.4 is 0 Å². The Labute approximate surface area is 128 Å². The minimum absolute atomic E-state index is 0.109. The number of nitrogens with zero attached hydrogens (tertiary/aromatic N) is 4. The standard InChI is InChI=1S/C15H20N4O3/c1-9(2)14-16-13(18-22-14)11-5-4-6-19(8-11)15(20)12-7-10(3)17-21-12/h7,9,11H,4-6,8H2,1-3H3/t11-/m0/s1. The van der Waals surface area contributed by atoms with Gasteiger partial charge in [-0.2, -0.15) is 4.98 Å². The molecule has 7 heteroatoms. The van der Waals surface area contributed by atoms with Gasteiger partial charge in [0.15, 0.2) is 5.82 Å². The van der Waals surface area contributed by atoms with Gasteiger partial charge in [-0.1, -0.05) is 24.2 Å². The summed E-state index contributed by atoms with van der Waals surface area (Å²) < 4.78 is 10.3. The molecule has 0 aliphatic carbocycles. The molecule has 0 bridgehead atoms. The zero-order valence-electron chi connectivity index (χ0n) is 13.1. The molecule has 0 N–H and O–H groups in total. The molecule has 0 saturated carbocycles. The number of carbonyl (C=O) groups excluding carboxylic acids is 1. The highest BCUT2D eigenvalue weighted by Crippen LogP contribution is 2.27. The molecule has 1 saturated heterocycles. The van der Waals surface area contributed by atoms with Gasteiger partial charge in [-0.05, 0) is 19.8 Å². The van der Waals surface area contributed by atoms with Crippen LogP contribution in [0, 0.1) is 6.92 Å². The summed E-state index contributed by atoms with van der Waals surface area (Å²) in [7, 11) is 0. The fourth-order valence-corrected chi connectivity index (χ4v) is 2.64. The van der Waals surface area contributed by atoms with E-state index in [1.54, 1.807) is 17.9 Å². The van der Waals surface area contributed by atoms with E-state index in [4.69, 9.17) is 9.05 Å². The summed E-state index contributed by atoms with van der Waals surface area (Å²) in [6, 6.07) is 1.66. The minimum Gasteiger partial charge on any atom is -0.351 e. The lowest BCUT2D eigenvalue weighted by Crippen LogP contribution is -2.39. The van der Waals surface area contributed by atoms with Gasteiger partial charge in [-0.15, -0.1) is 0 Å². The molecule has 1 aliphatic heterocycles. The van der Waals surface area contributed by atoms with Gasteiger partial charge in [0.05, 0.1) is 5.69 Å². The number of hydrogen-bond acceptors (Lipinski definition) is 6. The third-order valence-electron chi connectivity index (χ3n) is 3.86. The maximum Gasteiger partial charge on any atom is 0.292 e. The zero-order chi connectivity index (χ0) is 15.7. The van der Waals surface area contributed by atoms with Crippen molar-refractivity contribution in [3.8, 4) is 0 Å². The maximum absolute atomic E-state index is 12.4. The second-order valence-corrected chi connectivity index (χ2v) is 6.07. The van der Waals surface area contributed by atoms with Crippen LogP contribution in [-0.4, -0.2) is 39.2 Å². The third-order valence-corrected chi connectivity index (χ3v) is 3.86. The molecule has 0 aromatic carbocycles. The van der Waals surface area contributed by atoms with Crippen LogP contribution in [0.25, 0.3) is 0 Å². The molecule has 2 aromatic rings. The molecule has 0 radical (unpaired) electrons. The van der Waals surface area contributed by atoms with Gasteiger partial charge >= 0.3 is 0 Å². The van der Waals surface area contributed by atoms with Crippen LogP contribution in [0.5, 0.6) is 0 Å². The number of aryl methyl sites for hydroxylation is 1. The summed E-state index contributed by atoms with van der Waals surface area (Å²) in [5.41, 5.74) is 0.705. The normalized spacial score (nSPS) is 18.9. The third kappa shape index (κ3) is 2.88. The van der Waals surface area contributed by atoms with Crippen molar-refractivity contribution in [2.75, 3.05) is 13.1 Å². The van der Waals surface area contributed by atoms with Crippen molar-refractivity contribution < 1.29 is 13.8 Å². The minimum atomic E-state index is -0.127. The predicted octanol–water partition coefficient (Wildman–Crippen LogP) is 2.51. The molecule has 3 rings (SSSR count). The molecule has 22 heavy (non-hydrogen) atoms. The predicted molar refractivity (Wildman–Crippen MR) is 77.5 cm³/mol. The van der Waals surface area contributed by atoms with Crippen molar-refractivity contribution >= 4 is 5.91 Å². The highest BCUT2D eigenvalue weighted by atomic mass is 16.5. The van der Waals surface area contributed by atoms with E-state index < -0.39 is 0 Å². The fraction of sp³-hybridized carbons (Fsp3) is 0.600. The lowest BCUT2D eigenvalue weighted by molar-refractivity contribution is 0.0661. The maximum atomic E-state index is 12.4. The summed E-state index contributed by atoms with van der Waals surface area (Å²) >= 11 is 0. The van der Waals surface area contributed by atoms with Crippen molar-refractivity contribution in [3.63, 3.8) is 0 Å². The summed E-state index contributed by atoms with van der Waals surface area (Å²) in [6.45, 7) is 7.12. The second-order valence-electron chi connectivity index (χ2n) is 6.07. The molecule has 118 valence electrons. The molecule has 1 amide bonds. The van der Waals surface area contributed by atoms with Gasteiger partial charge in [0.2, 0.25) is 11.7 Å². The van der Waals surface area contributed by atoms with Crippen LogP contribution >= 0.6 is 0 Å². The Morgan fingerprint density at radius 2 is 2.18 bits per heavy atom. The monoisotopic (exact) mass is 304 g/mol. The lowest BCUT2D eigenvalue weighted by atomic mass is 9.97.